The van der Waals surface area contributed by atoms with Crippen molar-refractivity contribution in [2.75, 3.05) is 0 Å². The van der Waals surface area contributed by atoms with E-state index >= 15 is 0 Å². The van der Waals surface area contributed by atoms with Gasteiger partial charge in [-0.25, -0.2) is 4.98 Å². The number of hydrogen-bond acceptors (Lipinski definition) is 5. The summed E-state index contributed by atoms with van der Waals surface area (Å²) in [5.41, 5.74) is -0.455. The highest BCUT2D eigenvalue weighted by Crippen LogP contribution is 2.40. The zero-order chi connectivity index (χ0) is 12.5. The molecule has 1 aromatic rings. The molecule has 0 spiro atoms. The molecule has 1 aromatic heterocycles. The summed E-state index contributed by atoms with van der Waals surface area (Å²) in [4.78, 5) is 15.0. The molecule has 94 valence electrons. The van der Waals surface area contributed by atoms with Gasteiger partial charge in [0.05, 0.1) is 18.2 Å². The van der Waals surface area contributed by atoms with Crippen molar-refractivity contribution < 1.29 is 20.1 Å². The van der Waals surface area contributed by atoms with Crippen molar-refractivity contribution in [2.24, 2.45) is 5.92 Å². The van der Waals surface area contributed by atoms with Crippen LogP contribution in [0.1, 0.15) is 36.4 Å². The third kappa shape index (κ3) is 2.48. The summed E-state index contributed by atoms with van der Waals surface area (Å²) in [6.07, 6.45) is 1.78. The first-order valence-electron chi connectivity index (χ1n) is 5.56. The lowest BCUT2D eigenvalue weighted by molar-refractivity contribution is -0.145. The highest BCUT2D eigenvalue weighted by Gasteiger charge is 2.39. The van der Waals surface area contributed by atoms with Gasteiger partial charge in [0.25, 0.3) is 0 Å². The summed E-state index contributed by atoms with van der Waals surface area (Å²) in [6.45, 7) is -0.135. The van der Waals surface area contributed by atoms with E-state index in [9.17, 15) is 9.90 Å². The summed E-state index contributed by atoms with van der Waals surface area (Å²) < 4.78 is 0. The molecule has 1 aliphatic carbocycles. The van der Waals surface area contributed by atoms with Crippen molar-refractivity contribution in [1.82, 2.24) is 4.98 Å². The zero-order valence-corrected chi connectivity index (χ0v) is 10.1. The van der Waals surface area contributed by atoms with Crippen LogP contribution in [-0.2, 0) is 17.0 Å². The van der Waals surface area contributed by atoms with Crippen LogP contribution in [0.2, 0.25) is 0 Å². The maximum Gasteiger partial charge on any atom is 0.306 e. The minimum Gasteiger partial charge on any atom is -0.481 e. The van der Waals surface area contributed by atoms with Gasteiger partial charge in [-0.05, 0) is 25.7 Å². The number of thiazole rings is 1. The first-order valence-corrected chi connectivity index (χ1v) is 6.44. The molecule has 0 atom stereocenters. The first kappa shape index (κ1) is 12.5. The summed E-state index contributed by atoms with van der Waals surface area (Å²) in [6, 6.07) is 0. The normalized spacial score (nSPS) is 29.2. The number of aliphatic hydroxyl groups excluding tert-OH is 1. The minimum absolute atomic E-state index is 0.135. The molecule has 1 saturated carbocycles. The van der Waals surface area contributed by atoms with Crippen LogP contribution in [0.25, 0.3) is 0 Å². The quantitative estimate of drug-likeness (QED) is 0.754. The lowest BCUT2D eigenvalue weighted by Gasteiger charge is -2.32. The summed E-state index contributed by atoms with van der Waals surface area (Å²) in [5, 5.41) is 30.6. The van der Waals surface area contributed by atoms with E-state index in [1.807, 2.05) is 0 Å². The fourth-order valence-electron chi connectivity index (χ4n) is 2.15. The van der Waals surface area contributed by atoms with E-state index in [0.717, 1.165) is 0 Å². The Labute approximate surface area is 103 Å². The second-order valence-corrected chi connectivity index (χ2v) is 5.30. The van der Waals surface area contributed by atoms with Gasteiger partial charge in [0, 0.05) is 5.38 Å². The number of nitrogens with zero attached hydrogens (tertiary/aromatic N) is 1. The molecule has 5 nitrogen and oxygen atoms in total. The number of aliphatic hydroxyl groups is 2. The standard InChI is InChI=1S/C11H15NO4S/c13-5-8-6-17-10(12-8)11(16)3-1-7(2-4-11)9(14)15/h6-7,13,16H,1-5H2,(H,14,15). The molecule has 3 N–H and O–H groups in total. The zero-order valence-electron chi connectivity index (χ0n) is 9.30. The van der Waals surface area contributed by atoms with Crippen molar-refractivity contribution in [3.05, 3.63) is 16.1 Å². The van der Waals surface area contributed by atoms with Crippen LogP contribution in [0.4, 0.5) is 0 Å². The van der Waals surface area contributed by atoms with Crippen molar-refractivity contribution in [3.63, 3.8) is 0 Å². The summed E-state index contributed by atoms with van der Waals surface area (Å²) in [5.74, 6) is -1.14. The lowest BCUT2D eigenvalue weighted by atomic mass is 9.79. The number of aromatic nitrogens is 1. The van der Waals surface area contributed by atoms with Gasteiger partial charge in [0.15, 0.2) is 0 Å². The van der Waals surface area contributed by atoms with E-state index in [0.29, 0.717) is 36.4 Å². The van der Waals surface area contributed by atoms with Crippen LogP contribution in [0.5, 0.6) is 0 Å². The molecule has 17 heavy (non-hydrogen) atoms. The molecule has 0 aliphatic heterocycles. The average Bonchev–Trinajstić information content (AvgIpc) is 2.78. The number of carboxylic acid groups (broad SMARTS) is 1. The summed E-state index contributed by atoms with van der Waals surface area (Å²) in [7, 11) is 0. The van der Waals surface area contributed by atoms with Crippen LogP contribution in [0, 0.1) is 5.92 Å². The van der Waals surface area contributed by atoms with Crippen molar-refractivity contribution in [2.45, 2.75) is 37.9 Å². The Morgan fingerprint density at radius 1 is 1.53 bits per heavy atom. The molecule has 1 heterocycles. The number of carboxylic acids is 1. The van der Waals surface area contributed by atoms with E-state index in [-0.39, 0.29) is 12.5 Å². The SMILES string of the molecule is O=C(O)C1CCC(O)(c2nc(CO)cs2)CC1. The van der Waals surface area contributed by atoms with E-state index < -0.39 is 11.6 Å². The number of rotatable bonds is 3. The van der Waals surface area contributed by atoms with Crippen LogP contribution in [0.15, 0.2) is 5.38 Å². The van der Waals surface area contributed by atoms with Gasteiger partial charge < -0.3 is 15.3 Å². The second-order valence-electron chi connectivity index (χ2n) is 4.45. The first-order chi connectivity index (χ1) is 8.05. The van der Waals surface area contributed by atoms with E-state index in [2.05, 4.69) is 4.98 Å². The smallest absolute Gasteiger partial charge is 0.306 e. The van der Waals surface area contributed by atoms with Gasteiger partial charge in [-0.3, -0.25) is 4.79 Å². The maximum absolute atomic E-state index is 10.8. The van der Waals surface area contributed by atoms with E-state index in [1.54, 1.807) is 5.38 Å². The van der Waals surface area contributed by atoms with Gasteiger partial charge >= 0.3 is 5.97 Å². The molecule has 1 aliphatic rings. The number of hydrogen-bond donors (Lipinski definition) is 3. The Hall–Kier alpha value is -0.980. The van der Waals surface area contributed by atoms with Crippen LogP contribution in [0.3, 0.4) is 0 Å². The van der Waals surface area contributed by atoms with Gasteiger partial charge in [-0.2, -0.15) is 0 Å². The second kappa shape index (κ2) is 4.72. The Balaban J connectivity index is 2.08. The van der Waals surface area contributed by atoms with Gasteiger partial charge in [0.1, 0.15) is 10.6 Å². The average molecular weight is 257 g/mol. The molecule has 0 bridgehead atoms. The largest absolute Gasteiger partial charge is 0.481 e. The molecule has 0 unspecified atom stereocenters. The van der Waals surface area contributed by atoms with Gasteiger partial charge in [-0.15, -0.1) is 11.3 Å². The third-order valence-electron chi connectivity index (χ3n) is 3.27. The monoisotopic (exact) mass is 257 g/mol. The van der Waals surface area contributed by atoms with Crippen molar-refractivity contribution in [3.8, 4) is 0 Å². The summed E-state index contributed by atoms with van der Waals surface area (Å²) >= 11 is 1.32. The molecule has 0 saturated heterocycles. The molecular weight excluding hydrogens is 242 g/mol. The van der Waals surface area contributed by atoms with E-state index in [1.165, 1.54) is 11.3 Å². The molecule has 0 radical (unpaired) electrons. The predicted octanol–water partition coefficient (Wildman–Crippen LogP) is 1.10. The third-order valence-corrected chi connectivity index (χ3v) is 4.36. The predicted molar refractivity (Wildman–Crippen MR) is 61.5 cm³/mol. The number of aliphatic carboxylic acids is 1. The highest BCUT2D eigenvalue weighted by atomic mass is 32.1. The van der Waals surface area contributed by atoms with Gasteiger partial charge in [-0.1, -0.05) is 0 Å². The highest BCUT2D eigenvalue weighted by molar-refractivity contribution is 7.09. The minimum atomic E-state index is -1.01. The molecule has 0 aromatic carbocycles. The van der Waals surface area contributed by atoms with E-state index in [4.69, 9.17) is 10.2 Å². The molecule has 1 fully saturated rings. The van der Waals surface area contributed by atoms with Crippen LogP contribution >= 0.6 is 11.3 Å². The Bertz CT molecular complexity index is 409. The molecular formula is C11H15NO4S. The Kier molecular flexibility index (Phi) is 3.46. The molecule has 0 amide bonds. The van der Waals surface area contributed by atoms with Crippen molar-refractivity contribution in [1.29, 1.82) is 0 Å². The molecule has 6 heteroatoms. The fourth-order valence-corrected chi connectivity index (χ4v) is 3.12. The molecule has 2 rings (SSSR count). The Morgan fingerprint density at radius 2 is 2.18 bits per heavy atom. The van der Waals surface area contributed by atoms with Crippen molar-refractivity contribution >= 4 is 17.3 Å². The van der Waals surface area contributed by atoms with Crippen LogP contribution < -0.4 is 0 Å². The van der Waals surface area contributed by atoms with Crippen LogP contribution in [-0.4, -0.2) is 26.3 Å². The Morgan fingerprint density at radius 3 is 2.65 bits per heavy atom. The fraction of sp³-hybridized carbons (Fsp3) is 0.636. The van der Waals surface area contributed by atoms with Gasteiger partial charge in [0.2, 0.25) is 0 Å². The number of carbonyl (C=O) groups is 1. The lowest BCUT2D eigenvalue weighted by Crippen LogP contribution is -2.33. The maximum atomic E-state index is 10.8. The topological polar surface area (TPSA) is 90.7 Å².